The van der Waals surface area contributed by atoms with Crippen molar-refractivity contribution in [3.63, 3.8) is 0 Å². The third-order valence-electron chi connectivity index (χ3n) is 2.51. The van der Waals surface area contributed by atoms with Gasteiger partial charge in [0.15, 0.2) is 0 Å². The van der Waals surface area contributed by atoms with Gasteiger partial charge in [-0.25, -0.2) is 0 Å². The maximum absolute atomic E-state index is 11.4. The number of ether oxygens (including phenoxy) is 1. The Morgan fingerprint density at radius 2 is 2.47 bits per heavy atom. The molecule has 1 heterocycles. The summed E-state index contributed by atoms with van der Waals surface area (Å²) in [6, 6.07) is 0.0158. The number of rotatable bonds is 4. The summed E-state index contributed by atoms with van der Waals surface area (Å²) in [5.41, 5.74) is 5.77. The van der Waals surface area contributed by atoms with Gasteiger partial charge in [-0.3, -0.25) is 9.69 Å². The maximum Gasteiger partial charge on any atom is 0.234 e. The van der Waals surface area contributed by atoms with Gasteiger partial charge in [-0.1, -0.05) is 0 Å². The van der Waals surface area contributed by atoms with Crippen molar-refractivity contribution in [2.24, 2.45) is 5.73 Å². The molecule has 3 N–H and O–H groups in total. The van der Waals surface area contributed by atoms with Crippen LogP contribution in [0.1, 0.15) is 13.8 Å². The molecule has 5 nitrogen and oxygen atoms in total. The molecule has 2 atom stereocenters. The van der Waals surface area contributed by atoms with Gasteiger partial charge in [-0.2, -0.15) is 0 Å². The molecule has 0 aromatic carbocycles. The zero-order valence-electron chi connectivity index (χ0n) is 9.53. The van der Waals surface area contributed by atoms with Crippen molar-refractivity contribution in [3.05, 3.63) is 0 Å². The summed E-state index contributed by atoms with van der Waals surface area (Å²) in [5, 5.41) is 2.78. The molecule has 1 rings (SSSR count). The number of likely N-dealkylation sites (N-methyl/N-ethyl adjacent to an activating group) is 1. The molecule has 1 saturated heterocycles. The third kappa shape index (κ3) is 4.15. The van der Waals surface area contributed by atoms with Crippen molar-refractivity contribution in [3.8, 4) is 0 Å². The Bertz CT molecular complexity index is 209. The van der Waals surface area contributed by atoms with Gasteiger partial charge in [0.2, 0.25) is 5.91 Å². The van der Waals surface area contributed by atoms with Crippen LogP contribution in [0.4, 0.5) is 0 Å². The largest absolute Gasteiger partial charge is 0.374 e. The molecule has 1 aliphatic rings. The molecule has 1 amide bonds. The van der Waals surface area contributed by atoms with Gasteiger partial charge >= 0.3 is 0 Å². The Morgan fingerprint density at radius 1 is 1.73 bits per heavy atom. The van der Waals surface area contributed by atoms with E-state index in [1.165, 1.54) is 0 Å². The van der Waals surface area contributed by atoms with E-state index >= 15 is 0 Å². The topological polar surface area (TPSA) is 67.6 Å². The molecule has 0 bridgehead atoms. The van der Waals surface area contributed by atoms with E-state index in [1.54, 1.807) is 0 Å². The lowest BCUT2D eigenvalue weighted by molar-refractivity contribution is -0.124. The molecule has 0 spiro atoms. The highest BCUT2D eigenvalue weighted by atomic mass is 16.5. The quantitative estimate of drug-likeness (QED) is 0.642. The van der Waals surface area contributed by atoms with Crippen LogP contribution < -0.4 is 11.1 Å². The summed E-state index contributed by atoms with van der Waals surface area (Å²) in [7, 11) is 0. The lowest BCUT2D eigenvalue weighted by atomic mass is 10.1. The van der Waals surface area contributed by atoms with E-state index in [-0.39, 0.29) is 18.1 Å². The summed E-state index contributed by atoms with van der Waals surface area (Å²) in [6.45, 7) is 7.18. The van der Waals surface area contributed by atoms with Gasteiger partial charge < -0.3 is 15.8 Å². The molecule has 0 saturated carbocycles. The van der Waals surface area contributed by atoms with E-state index in [2.05, 4.69) is 10.2 Å². The highest BCUT2D eigenvalue weighted by Gasteiger charge is 2.24. The average molecular weight is 215 g/mol. The molecule has 88 valence electrons. The molecule has 0 aromatic rings. The number of carbonyl (C=O) groups excluding carboxylic acids is 1. The predicted octanol–water partition coefficient (Wildman–Crippen LogP) is -0.829. The molecule has 2 unspecified atom stereocenters. The molecule has 1 aliphatic heterocycles. The number of morpholine rings is 1. The minimum absolute atomic E-state index is 0.0158. The fourth-order valence-corrected chi connectivity index (χ4v) is 1.65. The Kier molecular flexibility index (Phi) is 5.01. The van der Waals surface area contributed by atoms with E-state index in [0.29, 0.717) is 19.7 Å². The Balaban J connectivity index is 2.33. The highest BCUT2D eigenvalue weighted by Crippen LogP contribution is 2.06. The van der Waals surface area contributed by atoms with Gasteiger partial charge in [0.05, 0.1) is 19.3 Å². The van der Waals surface area contributed by atoms with Crippen molar-refractivity contribution in [1.82, 2.24) is 10.2 Å². The maximum atomic E-state index is 11.4. The standard InChI is InChI=1S/C10H21N3O2/c1-3-12-10(14)7-13-4-5-15-9(6-13)8(2)11/h8-9H,3-7,11H2,1-2H3,(H,12,14). The first-order chi connectivity index (χ1) is 7.13. The lowest BCUT2D eigenvalue weighted by Gasteiger charge is -2.34. The molecular weight excluding hydrogens is 194 g/mol. The van der Waals surface area contributed by atoms with E-state index in [4.69, 9.17) is 10.5 Å². The van der Waals surface area contributed by atoms with E-state index in [9.17, 15) is 4.79 Å². The minimum atomic E-state index is 0.0158. The van der Waals surface area contributed by atoms with Crippen molar-refractivity contribution in [2.75, 3.05) is 32.8 Å². The van der Waals surface area contributed by atoms with Gasteiger partial charge in [0.1, 0.15) is 0 Å². The number of hydrogen-bond donors (Lipinski definition) is 2. The Morgan fingerprint density at radius 3 is 3.07 bits per heavy atom. The van der Waals surface area contributed by atoms with Crippen LogP contribution in [0.5, 0.6) is 0 Å². The van der Waals surface area contributed by atoms with Crippen LogP contribution in [0.25, 0.3) is 0 Å². The first kappa shape index (κ1) is 12.4. The van der Waals surface area contributed by atoms with Crippen LogP contribution in [0.2, 0.25) is 0 Å². The zero-order valence-corrected chi connectivity index (χ0v) is 9.53. The first-order valence-corrected chi connectivity index (χ1v) is 5.49. The zero-order chi connectivity index (χ0) is 11.3. The molecule has 0 radical (unpaired) electrons. The smallest absolute Gasteiger partial charge is 0.234 e. The van der Waals surface area contributed by atoms with Crippen LogP contribution in [0, 0.1) is 0 Å². The summed E-state index contributed by atoms with van der Waals surface area (Å²) in [4.78, 5) is 13.4. The number of nitrogens with one attached hydrogen (secondary N) is 1. The lowest BCUT2D eigenvalue weighted by Crippen LogP contribution is -2.51. The molecule has 0 aliphatic carbocycles. The average Bonchev–Trinajstić information content (AvgIpc) is 2.18. The Labute approximate surface area is 90.9 Å². The second kappa shape index (κ2) is 6.05. The van der Waals surface area contributed by atoms with Crippen molar-refractivity contribution in [1.29, 1.82) is 0 Å². The second-order valence-corrected chi connectivity index (χ2v) is 3.96. The molecule has 0 aromatic heterocycles. The number of amides is 1. The van der Waals surface area contributed by atoms with Gasteiger partial charge in [-0.05, 0) is 13.8 Å². The molecule has 5 heteroatoms. The monoisotopic (exact) mass is 215 g/mol. The molecular formula is C10H21N3O2. The SMILES string of the molecule is CCNC(=O)CN1CCOC(C(C)N)C1. The summed E-state index contributed by atoms with van der Waals surface area (Å²) < 4.78 is 5.51. The fourth-order valence-electron chi connectivity index (χ4n) is 1.65. The summed E-state index contributed by atoms with van der Waals surface area (Å²) in [5.74, 6) is 0.0721. The van der Waals surface area contributed by atoms with Crippen molar-refractivity contribution in [2.45, 2.75) is 26.0 Å². The number of nitrogens with two attached hydrogens (primary N) is 1. The van der Waals surface area contributed by atoms with Crippen LogP contribution >= 0.6 is 0 Å². The van der Waals surface area contributed by atoms with Crippen molar-refractivity contribution >= 4 is 5.91 Å². The number of hydrogen-bond acceptors (Lipinski definition) is 4. The summed E-state index contributed by atoms with van der Waals surface area (Å²) >= 11 is 0. The first-order valence-electron chi connectivity index (χ1n) is 5.49. The van der Waals surface area contributed by atoms with Gasteiger partial charge in [0, 0.05) is 25.7 Å². The van der Waals surface area contributed by atoms with Crippen LogP contribution in [-0.4, -0.2) is 55.7 Å². The highest BCUT2D eigenvalue weighted by molar-refractivity contribution is 5.77. The van der Waals surface area contributed by atoms with E-state index in [1.807, 2.05) is 13.8 Å². The predicted molar refractivity (Wildman–Crippen MR) is 58.5 cm³/mol. The fraction of sp³-hybridized carbons (Fsp3) is 0.900. The van der Waals surface area contributed by atoms with E-state index < -0.39 is 0 Å². The number of carbonyl (C=O) groups is 1. The van der Waals surface area contributed by atoms with E-state index in [0.717, 1.165) is 13.1 Å². The molecule has 15 heavy (non-hydrogen) atoms. The third-order valence-corrected chi connectivity index (χ3v) is 2.51. The second-order valence-electron chi connectivity index (χ2n) is 3.96. The number of nitrogens with zero attached hydrogens (tertiary/aromatic N) is 1. The van der Waals surface area contributed by atoms with Gasteiger partial charge in [0.25, 0.3) is 0 Å². The van der Waals surface area contributed by atoms with Crippen molar-refractivity contribution < 1.29 is 9.53 Å². The van der Waals surface area contributed by atoms with Crippen LogP contribution in [-0.2, 0) is 9.53 Å². The molecule has 1 fully saturated rings. The van der Waals surface area contributed by atoms with Crippen LogP contribution in [0.3, 0.4) is 0 Å². The summed E-state index contributed by atoms with van der Waals surface area (Å²) in [6.07, 6.45) is 0.0492. The normalized spacial score (nSPS) is 24.9. The Hall–Kier alpha value is -0.650. The van der Waals surface area contributed by atoms with Gasteiger partial charge in [-0.15, -0.1) is 0 Å². The van der Waals surface area contributed by atoms with Crippen LogP contribution in [0.15, 0.2) is 0 Å². The minimum Gasteiger partial charge on any atom is -0.374 e.